The number of aromatic nitrogens is 2. The molecule has 0 unspecified atom stereocenters. The molecule has 3 aromatic rings. The SMILES string of the molecule is Cc1noc(C)c1Cn1c(=O)oc2cc(CO)ccc21. The summed E-state index contributed by atoms with van der Waals surface area (Å²) in [6.45, 7) is 3.91. The zero-order valence-electron chi connectivity index (χ0n) is 11.2. The molecular weight excluding hydrogens is 260 g/mol. The Labute approximate surface area is 114 Å². The Morgan fingerprint density at radius 3 is 2.80 bits per heavy atom. The summed E-state index contributed by atoms with van der Waals surface area (Å²) in [6, 6.07) is 5.20. The van der Waals surface area contributed by atoms with E-state index in [2.05, 4.69) is 5.16 Å². The van der Waals surface area contributed by atoms with Crippen molar-refractivity contribution < 1.29 is 14.0 Å². The molecule has 1 N–H and O–H groups in total. The number of aryl methyl sites for hydroxylation is 2. The molecule has 0 saturated heterocycles. The van der Waals surface area contributed by atoms with Gasteiger partial charge >= 0.3 is 5.76 Å². The van der Waals surface area contributed by atoms with Gasteiger partial charge in [-0.2, -0.15) is 0 Å². The van der Waals surface area contributed by atoms with E-state index in [4.69, 9.17) is 14.0 Å². The van der Waals surface area contributed by atoms with Crippen molar-refractivity contribution in [1.82, 2.24) is 9.72 Å². The quantitative estimate of drug-likeness (QED) is 0.786. The van der Waals surface area contributed by atoms with Crippen LogP contribution in [0.2, 0.25) is 0 Å². The van der Waals surface area contributed by atoms with Crippen molar-refractivity contribution in [3.8, 4) is 0 Å². The predicted molar refractivity (Wildman–Crippen MR) is 71.5 cm³/mol. The summed E-state index contributed by atoms with van der Waals surface area (Å²) in [5.74, 6) is 0.255. The molecule has 0 saturated carbocycles. The first kappa shape index (κ1) is 12.7. The van der Waals surface area contributed by atoms with Gasteiger partial charge in [-0.3, -0.25) is 4.57 Å². The fraction of sp³-hybridized carbons (Fsp3) is 0.286. The highest BCUT2D eigenvalue weighted by molar-refractivity contribution is 5.73. The van der Waals surface area contributed by atoms with Gasteiger partial charge in [-0.15, -0.1) is 0 Å². The van der Waals surface area contributed by atoms with Gasteiger partial charge in [0.1, 0.15) is 5.76 Å². The van der Waals surface area contributed by atoms with Gasteiger partial charge in [0.05, 0.1) is 24.4 Å². The number of fused-ring (bicyclic) bond motifs is 1. The number of rotatable bonds is 3. The van der Waals surface area contributed by atoms with Crippen LogP contribution in [-0.4, -0.2) is 14.8 Å². The minimum Gasteiger partial charge on any atom is -0.408 e. The van der Waals surface area contributed by atoms with E-state index in [9.17, 15) is 4.79 Å². The Bertz CT molecular complexity index is 806. The monoisotopic (exact) mass is 274 g/mol. The van der Waals surface area contributed by atoms with Crippen molar-refractivity contribution in [2.75, 3.05) is 0 Å². The van der Waals surface area contributed by atoms with Crippen molar-refractivity contribution in [2.45, 2.75) is 27.0 Å². The van der Waals surface area contributed by atoms with Crippen LogP contribution in [0.5, 0.6) is 0 Å². The highest BCUT2D eigenvalue weighted by atomic mass is 16.5. The summed E-state index contributed by atoms with van der Waals surface area (Å²) in [5.41, 5.74) is 3.49. The lowest BCUT2D eigenvalue weighted by Gasteiger charge is -2.02. The lowest BCUT2D eigenvalue weighted by atomic mass is 10.2. The smallest absolute Gasteiger partial charge is 0.408 e. The molecule has 0 aliphatic carbocycles. The summed E-state index contributed by atoms with van der Waals surface area (Å²) in [6.07, 6.45) is 0. The second-order valence-electron chi connectivity index (χ2n) is 4.72. The fourth-order valence-electron chi connectivity index (χ4n) is 2.24. The van der Waals surface area contributed by atoms with E-state index >= 15 is 0 Å². The number of oxazole rings is 1. The first-order valence-electron chi connectivity index (χ1n) is 6.25. The van der Waals surface area contributed by atoms with Gasteiger partial charge in [-0.25, -0.2) is 4.79 Å². The Morgan fingerprint density at radius 1 is 1.35 bits per heavy atom. The maximum atomic E-state index is 12.0. The number of benzene rings is 1. The third-order valence-electron chi connectivity index (χ3n) is 3.41. The van der Waals surface area contributed by atoms with E-state index in [0.717, 1.165) is 11.3 Å². The molecular formula is C14H14N2O4. The minimum atomic E-state index is -0.435. The minimum absolute atomic E-state index is 0.0886. The van der Waals surface area contributed by atoms with E-state index in [1.807, 2.05) is 13.8 Å². The van der Waals surface area contributed by atoms with Crippen LogP contribution in [0, 0.1) is 13.8 Å². The van der Waals surface area contributed by atoms with Crippen molar-refractivity contribution in [3.05, 3.63) is 51.3 Å². The molecule has 1 aromatic carbocycles. The van der Waals surface area contributed by atoms with Crippen LogP contribution in [0.25, 0.3) is 11.1 Å². The molecule has 0 aliphatic rings. The number of nitrogens with zero attached hydrogens (tertiary/aromatic N) is 2. The fourth-order valence-corrected chi connectivity index (χ4v) is 2.24. The van der Waals surface area contributed by atoms with E-state index in [1.165, 1.54) is 4.57 Å². The number of aliphatic hydroxyl groups is 1. The largest absolute Gasteiger partial charge is 0.420 e. The lowest BCUT2D eigenvalue weighted by Crippen LogP contribution is -2.15. The molecule has 0 aliphatic heterocycles. The molecule has 6 heteroatoms. The number of aliphatic hydroxyl groups excluding tert-OH is 1. The van der Waals surface area contributed by atoms with Crippen molar-refractivity contribution in [2.24, 2.45) is 0 Å². The molecule has 0 spiro atoms. The maximum absolute atomic E-state index is 12.0. The molecule has 3 rings (SSSR count). The Kier molecular flexibility index (Phi) is 2.94. The lowest BCUT2D eigenvalue weighted by molar-refractivity contribution is 0.282. The van der Waals surface area contributed by atoms with Crippen LogP contribution >= 0.6 is 0 Å². The average molecular weight is 274 g/mol. The van der Waals surface area contributed by atoms with E-state index in [1.54, 1.807) is 18.2 Å². The third kappa shape index (κ3) is 1.94. The number of hydrogen-bond acceptors (Lipinski definition) is 5. The zero-order chi connectivity index (χ0) is 14.3. The molecule has 20 heavy (non-hydrogen) atoms. The van der Waals surface area contributed by atoms with Gasteiger partial charge < -0.3 is 14.0 Å². The summed E-state index contributed by atoms with van der Waals surface area (Å²) < 4.78 is 11.8. The first-order valence-corrected chi connectivity index (χ1v) is 6.25. The Hall–Kier alpha value is -2.34. The first-order chi connectivity index (χ1) is 9.60. The van der Waals surface area contributed by atoms with Crippen LogP contribution in [0.4, 0.5) is 0 Å². The molecule has 0 amide bonds. The summed E-state index contributed by atoms with van der Waals surface area (Å²) in [7, 11) is 0. The van der Waals surface area contributed by atoms with Crippen molar-refractivity contribution >= 4 is 11.1 Å². The topological polar surface area (TPSA) is 81.4 Å². The van der Waals surface area contributed by atoms with Gasteiger partial charge in [0, 0.05) is 5.56 Å². The van der Waals surface area contributed by atoms with E-state index in [0.29, 0.717) is 29.0 Å². The Balaban J connectivity index is 2.12. The molecule has 0 fully saturated rings. The summed E-state index contributed by atoms with van der Waals surface area (Å²) in [4.78, 5) is 12.0. The zero-order valence-corrected chi connectivity index (χ0v) is 11.2. The van der Waals surface area contributed by atoms with Crippen molar-refractivity contribution in [1.29, 1.82) is 0 Å². The molecule has 2 aromatic heterocycles. The average Bonchev–Trinajstić information content (AvgIpc) is 2.92. The molecule has 2 heterocycles. The highest BCUT2D eigenvalue weighted by Gasteiger charge is 2.15. The number of hydrogen-bond donors (Lipinski definition) is 1. The van der Waals surface area contributed by atoms with Crippen LogP contribution in [0.15, 0.2) is 31.9 Å². The molecule has 104 valence electrons. The summed E-state index contributed by atoms with van der Waals surface area (Å²) >= 11 is 0. The van der Waals surface area contributed by atoms with Crippen LogP contribution in [0.3, 0.4) is 0 Å². The normalized spacial score (nSPS) is 11.3. The highest BCUT2D eigenvalue weighted by Crippen LogP contribution is 2.19. The van der Waals surface area contributed by atoms with Gasteiger partial charge in [0.25, 0.3) is 0 Å². The van der Waals surface area contributed by atoms with Gasteiger partial charge in [0.15, 0.2) is 5.58 Å². The molecule has 0 bridgehead atoms. The molecule has 6 nitrogen and oxygen atoms in total. The van der Waals surface area contributed by atoms with E-state index < -0.39 is 5.76 Å². The predicted octanol–water partition coefficient (Wildman–Crippen LogP) is 1.74. The summed E-state index contributed by atoms with van der Waals surface area (Å²) in [5, 5.41) is 13.0. The van der Waals surface area contributed by atoms with Gasteiger partial charge in [0.2, 0.25) is 0 Å². The Morgan fingerprint density at radius 2 is 2.15 bits per heavy atom. The van der Waals surface area contributed by atoms with Gasteiger partial charge in [-0.05, 0) is 31.5 Å². The second-order valence-corrected chi connectivity index (χ2v) is 4.72. The molecule has 0 radical (unpaired) electrons. The van der Waals surface area contributed by atoms with Crippen LogP contribution < -0.4 is 5.76 Å². The third-order valence-corrected chi connectivity index (χ3v) is 3.41. The van der Waals surface area contributed by atoms with Crippen LogP contribution in [-0.2, 0) is 13.2 Å². The molecule has 0 atom stereocenters. The standard InChI is InChI=1S/C14H14N2O4/c1-8-11(9(2)20-15-8)6-16-12-4-3-10(7-17)5-13(12)19-14(16)18/h3-5,17H,6-7H2,1-2H3. The van der Waals surface area contributed by atoms with Gasteiger partial charge in [-0.1, -0.05) is 11.2 Å². The van der Waals surface area contributed by atoms with Crippen molar-refractivity contribution in [3.63, 3.8) is 0 Å². The maximum Gasteiger partial charge on any atom is 0.420 e. The van der Waals surface area contributed by atoms with E-state index in [-0.39, 0.29) is 6.61 Å². The second kappa shape index (κ2) is 4.64. The van der Waals surface area contributed by atoms with Crippen LogP contribution in [0.1, 0.15) is 22.6 Å².